The van der Waals surface area contributed by atoms with E-state index >= 15 is 0 Å². The van der Waals surface area contributed by atoms with Crippen LogP contribution in [0.3, 0.4) is 0 Å². The molecule has 0 aliphatic carbocycles. The maximum Gasteiger partial charge on any atom is 1.00 e. The van der Waals surface area contributed by atoms with Crippen LogP contribution >= 0.6 is 7.60 Å². The maximum absolute atomic E-state index is 10.8. The molecule has 0 bridgehead atoms. The molecule has 1 unspecified atom stereocenters. The van der Waals surface area contributed by atoms with Gasteiger partial charge in [-0.15, -0.1) is 0 Å². The third kappa shape index (κ3) is 11.1. The molecule has 1 atom stereocenters. The zero-order valence-corrected chi connectivity index (χ0v) is 11.8. The first kappa shape index (κ1) is 16.6. The van der Waals surface area contributed by atoms with E-state index in [2.05, 4.69) is 6.92 Å². The Bertz CT molecular complexity index is 152. The van der Waals surface area contributed by atoms with Gasteiger partial charge in [-0.25, -0.2) is 0 Å². The fourth-order valence-electron chi connectivity index (χ4n) is 0.824. The Hall–Kier alpha value is 1.15. The SMILES string of the molecule is CCCCCCOP(=O)([O-])CC.[Na+]. The molecule has 0 saturated heterocycles. The van der Waals surface area contributed by atoms with Crippen molar-refractivity contribution >= 4 is 7.60 Å². The van der Waals surface area contributed by atoms with Gasteiger partial charge in [0, 0.05) is 6.16 Å². The van der Waals surface area contributed by atoms with Gasteiger partial charge in [0.15, 0.2) is 0 Å². The van der Waals surface area contributed by atoms with Crippen LogP contribution in [0.15, 0.2) is 0 Å². The fourth-order valence-corrected chi connectivity index (χ4v) is 1.41. The van der Waals surface area contributed by atoms with Crippen molar-refractivity contribution < 1.29 is 43.5 Å². The van der Waals surface area contributed by atoms with Crippen molar-refractivity contribution in [2.45, 2.75) is 39.5 Å². The average Bonchev–Trinajstić information content (AvgIpc) is 2.04. The normalized spacial score (nSPS) is 14.7. The fraction of sp³-hybridized carbons (Fsp3) is 1.00. The Balaban J connectivity index is 0. The minimum absolute atomic E-state index is 0. The first-order valence-corrected chi connectivity index (χ1v) is 6.29. The summed E-state index contributed by atoms with van der Waals surface area (Å²) in [5, 5.41) is 0. The minimum atomic E-state index is -3.47. The van der Waals surface area contributed by atoms with Gasteiger partial charge in [-0.1, -0.05) is 33.1 Å². The van der Waals surface area contributed by atoms with Crippen LogP contribution < -0.4 is 34.5 Å². The molecule has 0 aliphatic rings. The summed E-state index contributed by atoms with van der Waals surface area (Å²) in [7, 11) is -3.47. The summed E-state index contributed by atoms with van der Waals surface area (Å²) in [5.74, 6) is 0. The van der Waals surface area contributed by atoms with Crippen LogP contribution in [0.2, 0.25) is 0 Å². The topological polar surface area (TPSA) is 49.4 Å². The van der Waals surface area contributed by atoms with Gasteiger partial charge < -0.3 is 14.0 Å². The average molecular weight is 216 g/mol. The Labute approximate surface area is 103 Å². The first-order valence-electron chi connectivity index (χ1n) is 4.57. The summed E-state index contributed by atoms with van der Waals surface area (Å²) < 4.78 is 15.6. The van der Waals surface area contributed by atoms with Gasteiger partial charge in [-0.2, -0.15) is 0 Å². The zero-order chi connectivity index (χ0) is 9.45. The molecule has 5 heteroatoms. The van der Waals surface area contributed by atoms with Crippen molar-refractivity contribution in [2.75, 3.05) is 12.8 Å². The summed E-state index contributed by atoms with van der Waals surface area (Å²) in [4.78, 5) is 10.8. The first-order chi connectivity index (χ1) is 5.62. The number of hydrogen-bond acceptors (Lipinski definition) is 3. The van der Waals surface area contributed by atoms with Crippen molar-refractivity contribution in [3.63, 3.8) is 0 Å². The third-order valence-corrected chi connectivity index (χ3v) is 3.02. The van der Waals surface area contributed by atoms with Gasteiger partial charge in [-0.05, 0) is 6.42 Å². The molecule has 13 heavy (non-hydrogen) atoms. The molecule has 0 fully saturated rings. The van der Waals surface area contributed by atoms with Gasteiger partial charge in [-0.3, -0.25) is 0 Å². The molecule has 0 spiro atoms. The van der Waals surface area contributed by atoms with Gasteiger partial charge in [0.1, 0.15) is 7.60 Å². The molecule has 0 rings (SSSR count). The van der Waals surface area contributed by atoms with E-state index in [1.54, 1.807) is 6.92 Å². The smallest absolute Gasteiger partial charge is 0.779 e. The van der Waals surface area contributed by atoms with E-state index in [-0.39, 0.29) is 35.7 Å². The predicted molar refractivity (Wildman–Crippen MR) is 48.2 cm³/mol. The van der Waals surface area contributed by atoms with Crippen LogP contribution in [0, 0.1) is 0 Å². The molecular weight excluding hydrogens is 198 g/mol. The second-order valence-corrected chi connectivity index (χ2v) is 4.93. The Morgan fingerprint density at radius 1 is 1.23 bits per heavy atom. The number of rotatable bonds is 7. The van der Waals surface area contributed by atoms with E-state index in [0.717, 1.165) is 25.7 Å². The van der Waals surface area contributed by atoms with Gasteiger partial charge >= 0.3 is 29.6 Å². The zero-order valence-electron chi connectivity index (χ0n) is 8.91. The second-order valence-electron chi connectivity index (χ2n) is 2.82. The quantitative estimate of drug-likeness (QED) is 0.317. The molecule has 0 aromatic heterocycles. The van der Waals surface area contributed by atoms with E-state index < -0.39 is 7.60 Å². The van der Waals surface area contributed by atoms with Gasteiger partial charge in [0.05, 0.1) is 6.61 Å². The Morgan fingerprint density at radius 2 is 1.85 bits per heavy atom. The Kier molecular flexibility index (Phi) is 12.4. The molecular formula is C8H18NaO3P. The van der Waals surface area contributed by atoms with Crippen molar-refractivity contribution in [3.05, 3.63) is 0 Å². The summed E-state index contributed by atoms with van der Waals surface area (Å²) in [6.07, 6.45) is 4.31. The molecule has 3 nitrogen and oxygen atoms in total. The summed E-state index contributed by atoms with van der Waals surface area (Å²) >= 11 is 0. The van der Waals surface area contributed by atoms with Crippen LogP contribution in [-0.2, 0) is 9.09 Å². The summed E-state index contributed by atoms with van der Waals surface area (Å²) in [6, 6.07) is 0. The van der Waals surface area contributed by atoms with E-state index in [9.17, 15) is 9.46 Å². The second kappa shape index (κ2) is 9.70. The van der Waals surface area contributed by atoms with Crippen molar-refractivity contribution in [1.29, 1.82) is 0 Å². The summed E-state index contributed by atoms with van der Waals surface area (Å²) in [6.45, 7) is 4.07. The van der Waals surface area contributed by atoms with Crippen LogP contribution in [0.1, 0.15) is 39.5 Å². The molecule has 0 amide bonds. The van der Waals surface area contributed by atoms with E-state index in [4.69, 9.17) is 4.52 Å². The van der Waals surface area contributed by atoms with Crippen LogP contribution in [0.4, 0.5) is 0 Å². The summed E-state index contributed by atoms with van der Waals surface area (Å²) in [5.41, 5.74) is 0. The monoisotopic (exact) mass is 216 g/mol. The maximum atomic E-state index is 10.8. The van der Waals surface area contributed by atoms with Crippen molar-refractivity contribution in [1.82, 2.24) is 0 Å². The molecule has 74 valence electrons. The third-order valence-electron chi connectivity index (χ3n) is 1.67. The standard InChI is InChI=1S/C8H19O3P.Na/c1-3-5-6-7-8-11-12(9,10)4-2;/h3-8H2,1-2H3,(H,9,10);/q;+1/p-1. The van der Waals surface area contributed by atoms with E-state index in [1.165, 1.54) is 0 Å². The molecule has 0 aromatic carbocycles. The molecule has 0 aromatic rings. The van der Waals surface area contributed by atoms with Gasteiger partial charge in [0.2, 0.25) is 0 Å². The Morgan fingerprint density at radius 3 is 2.31 bits per heavy atom. The number of hydrogen-bond donors (Lipinski definition) is 0. The molecule has 0 N–H and O–H groups in total. The predicted octanol–water partition coefficient (Wildman–Crippen LogP) is -0.839. The van der Waals surface area contributed by atoms with Crippen molar-refractivity contribution in [3.8, 4) is 0 Å². The van der Waals surface area contributed by atoms with Gasteiger partial charge in [0.25, 0.3) is 0 Å². The largest absolute Gasteiger partial charge is 1.00 e. The van der Waals surface area contributed by atoms with E-state index in [0.29, 0.717) is 6.61 Å². The van der Waals surface area contributed by atoms with Crippen LogP contribution in [0.25, 0.3) is 0 Å². The van der Waals surface area contributed by atoms with Crippen LogP contribution in [-0.4, -0.2) is 12.8 Å². The van der Waals surface area contributed by atoms with E-state index in [1.807, 2.05) is 0 Å². The molecule has 0 heterocycles. The molecule has 0 radical (unpaired) electrons. The minimum Gasteiger partial charge on any atom is -0.779 e. The van der Waals surface area contributed by atoms with Crippen molar-refractivity contribution in [2.24, 2.45) is 0 Å². The molecule has 0 saturated carbocycles. The van der Waals surface area contributed by atoms with Crippen LogP contribution in [0.5, 0.6) is 0 Å². The number of unbranched alkanes of at least 4 members (excludes halogenated alkanes) is 3. The molecule has 0 aliphatic heterocycles.